The van der Waals surface area contributed by atoms with Crippen LogP contribution in [0.5, 0.6) is 11.5 Å². The maximum Gasteiger partial charge on any atom is 0.337 e. The number of nitro benzene ring substituents is 1. The topological polar surface area (TPSA) is 89.7 Å². The third-order valence-electron chi connectivity index (χ3n) is 2.52. The van der Waals surface area contributed by atoms with Crippen LogP contribution in [0.4, 0.5) is 5.69 Å². The lowest BCUT2D eigenvalue weighted by Crippen LogP contribution is -1.98. The van der Waals surface area contributed by atoms with Gasteiger partial charge in [0.25, 0.3) is 5.69 Å². The molecular weight excluding hydrogens is 321 g/mol. The Morgan fingerprint density at radius 1 is 1.14 bits per heavy atom. The van der Waals surface area contributed by atoms with Crippen molar-refractivity contribution in [3.8, 4) is 11.5 Å². The van der Waals surface area contributed by atoms with Gasteiger partial charge >= 0.3 is 5.97 Å². The van der Waals surface area contributed by atoms with Crippen LogP contribution in [0.25, 0.3) is 0 Å². The molecule has 0 fully saturated rings. The highest BCUT2D eigenvalue weighted by Gasteiger charge is 2.13. The third-order valence-corrected chi connectivity index (χ3v) is 3.15. The second-order valence-corrected chi connectivity index (χ2v) is 4.74. The maximum atomic E-state index is 11.0. The first-order valence-electron chi connectivity index (χ1n) is 5.53. The van der Waals surface area contributed by atoms with Crippen molar-refractivity contribution in [3.63, 3.8) is 0 Å². The molecule has 0 aliphatic heterocycles. The molecule has 0 saturated carbocycles. The van der Waals surface area contributed by atoms with Crippen LogP contribution < -0.4 is 4.74 Å². The number of nitro groups is 1. The molecule has 0 unspecified atom stereocenters. The van der Waals surface area contributed by atoms with E-state index in [1.54, 1.807) is 0 Å². The number of ether oxygens (including phenoxy) is 1. The van der Waals surface area contributed by atoms with E-state index in [9.17, 15) is 14.9 Å². The van der Waals surface area contributed by atoms with Crippen LogP contribution in [0.2, 0.25) is 10.0 Å². The molecule has 0 spiro atoms. The molecule has 0 aliphatic rings. The van der Waals surface area contributed by atoms with Gasteiger partial charge < -0.3 is 9.84 Å². The van der Waals surface area contributed by atoms with Crippen molar-refractivity contribution in [3.05, 3.63) is 62.1 Å². The Balaban J connectivity index is 2.32. The molecule has 0 atom stereocenters. The molecule has 0 saturated heterocycles. The lowest BCUT2D eigenvalue weighted by molar-refractivity contribution is -0.384. The van der Waals surface area contributed by atoms with E-state index in [0.29, 0.717) is 0 Å². The SMILES string of the molecule is O=C(O)c1cc(Oc2ccc([N+](=O)[O-])cc2Cl)ccc1Cl. The molecule has 2 rings (SSSR count). The monoisotopic (exact) mass is 327 g/mol. The maximum absolute atomic E-state index is 11.0. The summed E-state index contributed by atoms with van der Waals surface area (Å²) in [6.45, 7) is 0. The summed E-state index contributed by atoms with van der Waals surface area (Å²) < 4.78 is 5.41. The summed E-state index contributed by atoms with van der Waals surface area (Å²) >= 11 is 11.6. The Labute approximate surface area is 128 Å². The highest BCUT2D eigenvalue weighted by atomic mass is 35.5. The van der Waals surface area contributed by atoms with Gasteiger partial charge in [0.05, 0.1) is 20.5 Å². The average Bonchev–Trinajstić information content (AvgIpc) is 2.42. The number of carboxylic acids is 1. The van der Waals surface area contributed by atoms with Crippen molar-refractivity contribution in [2.24, 2.45) is 0 Å². The van der Waals surface area contributed by atoms with Gasteiger partial charge in [0.15, 0.2) is 0 Å². The van der Waals surface area contributed by atoms with Gasteiger partial charge in [0.1, 0.15) is 11.5 Å². The van der Waals surface area contributed by atoms with E-state index in [1.165, 1.54) is 30.3 Å². The van der Waals surface area contributed by atoms with Crippen molar-refractivity contribution in [2.45, 2.75) is 0 Å². The van der Waals surface area contributed by atoms with E-state index in [4.69, 9.17) is 33.0 Å². The van der Waals surface area contributed by atoms with E-state index < -0.39 is 10.9 Å². The summed E-state index contributed by atoms with van der Waals surface area (Å²) in [5.41, 5.74) is -0.290. The number of benzene rings is 2. The minimum atomic E-state index is -1.19. The lowest BCUT2D eigenvalue weighted by atomic mass is 10.2. The van der Waals surface area contributed by atoms with Gasteiger partial charge in [0.2, 0.25) is 0 Å². The third kappa shape index (κ3) is 3.42. The van der Waals surface area contributed by atoms with E-state index in [-0.39, 0.29) is 32.8 Å². The van der Waals surface area contributed by atoms with E-state index >= 15 is 0 Å². The first-order valence-corrected chi connectivity index (χ1v) is 6.28. The molecular formula is C13H7Cl2NO5. The Bertz CT molecular complexity index is 732. The van der Waals surface area contributed by atoms with Crippen LogP contribution in [0.3, 0.4) is 0 Å². The van der Waals surface area contributed by atoms with Gasteiger partial charge in [-0.05, 0) is 24.3 Å². The quantitative estimate of drug-likeness (QED) is 0.664. The molecule has 6 nitrogen and oxygen atoms in total. The van der Waals surface area contributed by atoms with E-state index in [2.05, 4.69) is 0 Å². The largest absolute Gasteiger partial charge is 0.478 e. The van der Waals surface area contributed by atoms with Crippen molar-refractivity contribution >= 4 is 34.9 Å². The predicted molar refractivity (Wildman–Crippen MR) is 76.6 cm³/mol. The van der Waals surface area contributed by atoms with Crippen LogP contribution in [-0.2, 0) is 0 Å². The van der Waals surface area contributed by atoms with Crippen molar-refractivity contribution in [2.75, 3.05) is 0 Å². The highest BCUT2D eigenvalue weighted by molar-refractivity contribution is 6.33. The molecule has 0 aliphatic carbocycles. The van der Waals surface area contributed by atoms with Gasteiger partial charge in [-0.2, -0.15) is 0 Å². The number of hydrogen-bond acceptors (Lipinski definition) is 4. The predicted octanol–water partition coefficient (Wildman–Crippen LogP) is 4.39. The van der Waals surface area contributed by atoms with Crippen LogP contribution in [0.15, 0.2) is 36.4 Å². The normalized spacial score (nSPS) is 10.2. The number of carboxylic acid groups (broad SMARTS) is 1. The van der Waals surface area contributed by atoms with Crippen molar-refractivity contribution in [1.82, 2.24) is 0 Å². The summed E-state index contributed by atoms with van der Waals surface area (Å²) in [6, 6.07) is 7.78. The fourth-order valence-corrected chi connectivity index (χ4v) is 1.96. The standard InChI is InChI=1S/C13H7Cl2NO5/c14-10-3-2-8(6-9(10)13(17)18)21-12-4-1-7(16(19)20)5-11(12)15/h1-6H,(H,17,18). The number of non-ortho nitro benzene ring substituents is 1. The first kappa shape index (κ1) is 15.1. The number of aromatic carboxylic acids is 1. The molecule has 2 aromatic carbocycles. The number of hydrogen-bond donors (Lipinski definition) is 1. The van der Waals surface area contributed by atoms with Crippen LogP contribution in [-0.4, -0.2) is 16.0 Å². The fourth-order valence-electron chi connectivity index (χ4n) is 1.54. The van der Waals surface area contributed by atoms with Crippen molar-refractivity contribution in [1.29, 1.82) is 0 Å². The second-order valence-electron chi connectivity index (χ2n) is 3.92. The smallest absolute Gasteiger partial charge is 0.337 e. The summed E-state index contributed by atoms with van der Waals surface area (Å²) in [5.74, 6) is -0.825. The van der Waals surface area contributed by atoms with Gasteiger partial charge in [0, 0.05) is 12.1 Å². The number of halogens is 2. The molecule has 2 aromatic rings. The van der Waals surface area contributed by atoms with Gasteiger partial charge in [-0.15, -0.1) is 0 Å². The Hall–Kier alpha value is -2.31. The molecule has 0 heterocycles. The summed E-state index contributed by atoms with van der Waals surface area (Å²) in [5, 5.41) is 19.7. The first-order chi connectivity index (χ1) is 9.88. The molecule has 0 bridgehead atoms. The molecule has 21 heavy (non-hydrogen) atoms. The highest BCUT2D eigenvalue weighted by Crippen LogP contribution is 2.33. The average molecular weight is 328 g/mol. The summed E-state index contributed by atoms with van der Waals surface area (Å²) in [4.78, 5) is 21.0. The molecule has 0 radical (unpaired) electrons. The zero-order chi connectivity index (χ0) is 15.6. The fraction of sp³-hybridized carbons (Fsp3) is 0. The lowest BCUT2D eigenvalue weighted by Gasteiger charge is -2.08. The summed E-state index contributed by atoms with van der Waals surface area (Å²) in [6.07, 6.45) is 0. The Morgan fingerprint density at radius 2 is 1.86 bits per heavy atom. The minimum Gasteiger partial charge on any atom is -0.478 e. The molecule has 108 valence electrons. The molecule has 8 heteroatoms. The van der Waals surface area contributed by atoms with Crippen LogP contribution >= 0.6 is 23.2 Å². The van der Waals surface area contributed by atoms with Crippen molar-refractivity contribution < 1.29 is 19.6 Å². The summed E-state index contributed by atoms with van der Waals surface area (Å²) in [7, 11) is 0. The Morgan fingerprint density at radius 3 is 2.43 bits per heavy atom. The number of nitrogens with zero attached hydrogens (tertiary/aromatic N) is 1. The van der Waals surface area contributed by atoms with Crippen LogP contribution in [0, 0.1) is 10.1 Å². The zero-order valence-electron chi connectivity index (χ0n) is 10.2. The molecule has 0 aromatic heterocycles. The zero-order valence-corrected chi connectivity index (χ0v) is 11.8. The number of rotatable bonds is 4. The Kier molecular flexibility index (Phi) is 4.30. The molecule has 0 amide bonds. The van der Waals surface area contributed by atoms with E-state index in [0.717, 1.165) is 6.07 Å². The minimum absolute atomic E-state index is 0.0380. The van der Waals surface area contributed by atoms with Gasteiger partial charge in [-0.25, -0.2) is 4.79 Å². The van der Waals surface area contributed by atoms with Gasteiger partial charge in [-0.1, -0.05) is 23.2 Å². The van der Waals surface area contributed by atoms with Crippen LogP contribution in [0.1, 0.15) is 10.4 Å². The molecule has 1 N–H and O–H groups in total. The second kappa shape index (κ2) is 5.99. The number of carbonyl (C=O) groups is 1. The van der Waals surface area contributed by atoms with E-state index in [1.807, 2.05) is 0 Å². The van der Waals surface area contributed by atoms with Gasteiger partial charge in [-0.3, -0.25) is 10.1 Å².